The lowest BCUT2D eigenvalue weighted by Gasteiger charge is -2.08. The highest BCUT2D eigenvalue weighted by atomic mass is 16.5. The lowest BCUT2D eigenvalue weighted by atomic mass is 10.0. The Bertz CT molecular complexity index is 1320. The van der Waals surface area contributed by atoms with Crippen LogP contribution in [0.4, 0.5) is 5.82 Å². The van der Waals surface area contributed by atoms with Crippen LogP contribution in [0.2, 0.25) is 0 Å². The third kappa shape index (κ3) is 3.62. The van der Waals surface area contributed by atoms with Crippen molar-refractivity contribution >= 4 is 22.8 Å². The Kier molecular flexibility index (Phi) is 4.92. The van der Waals surface area contributed by atoms with E-state index in [2.05, 4.69) is 34.4 Å². The van der Waals surface area contributed by atoms with Gasteiger partial charge in [-0.05, 0) is 51.8 Å². The number of aryl methyl sites for hydroxylation is 1. The van der Waals surface area contributed by atoms with Crippen LogP contribution in [0.15, 0.2) is 40.9 Å². The monoisotopic (exact) mass is 431 g/mol. The number of benzene rings is 1. The van der Waals surface area contributed by atoms with E-state index in [1.165, 1.54) is 0 Å². The lowest BCUT2D eigenvalue weighted by Crippen LogP contribution is -2.14. The SMILES string of the molecule is COc1cccc(-c2noc3nc(C4CC4)cc(C(=O)Nc4cc(C)n(C(C)C)n4)c23)c1. The molecule has 1 saturated carbocycles. The summed E-state index contributed by atoms with van der Waals surface area (Å²) < 4.78 is 12.8. The van der Waals surface area contributed by atoms with Crippen molar-refractivity contribution in [3.63, 3.8) is 0 Å². The zero-order chi connectivity index (χ0) is 22.4. The molecule has 1 N–H and O–H groups in total. The van der Waals surface area contributed by atoms with Gasteiger partial charge in [0.1, 0.15) is 11.4 Å². The van der Waals surface area contributed by atoms with Crippen LogP contribution in [0.25, 0.3) is 22.4 Å². The normalized spacial score (nSPS) is 13.7. The standard InChI is InChI=1S/C24H25N5O3/c1-13(2)29-14(3)10-20(27-29)26-23(30)18-12-19(15-8-9-15)25-24-21(18)22(28-32-24)16-6-5-7-17(11-16)31-4/h5-7,10-13,15H,8-9H2,1-4H3,(H,26,27,30). The average Bonchev–Trinajstić information content (AvgIpc) is 3.44. The molecular weight excluding hydrogens is 406 g/mol. The van der Waals surface area contributed by atoms with Gasteiger partial charge in [0.15, 0.2) is 5.82 Å². The summed E-state index contributed by atoms with van der Waals surface area (Å²) in [6.07, 6.45) is 2.13. The van der Waals surface area contributed by atoms with E-state index >= 15 is 0 Å². The number of ether oxygens (including phenoxy) is 1. The maximum atomic E-state index is 13.4. The Hall–Kier alpha value is -3.68. The van der Waals surface area contributed by atoms with Crippen molar-refractivity contribution in [1.82, 2.24) is 19.9 Å². The maximum absolute atomic E-state index is 13.4. The number of pyridine rings is 1. The molecule has 0 atom stereocenters. The summed E-state index contributed by atoms with van der Waals surface area (Å²) in [6.45, 7) is 6.08. The minimum absolute atomic E-state index is 0.201. The van der Waals surface area contributed by atoms with E-state index in [0.29, 0.717) is 39.8 Å². The van der Waals surface area contributed by atoms with Gasteiger partial charge in [0.2, 0.25) is 0 Å². The second-order valence-corrected chi connectivity index (χ2v) is 8.48. The molecule has 1 aliphatic carbocycles. The lowest BCUT2D eigenvalue weighted by molar-refractivity contribution is 0.102. The van der Waals surface area contributed by atoms with E-state index in [9.17, 15) is 4.79 Å². The van der Waals surface area contributed by atoms with Gasteiger partial charge in [-0.1, -0.05) is 17.3 Å². The molecule has 1 fully saturated rings. The number of amides is 1. The molecule has 32 heavy (non-hydrogen) atoms. The molecule has 0 bridgehead atoms. The quantitative estimate of drug-likeness (QED) is 0.456. The molecule has 8 heteroatoms. The van der Waals surface area contributed by atoms with Gasteiger partial charge in [0.25, 0.3) is 11.6 Å². The Labute approximate surface area is 185 Å². The summed E-state index contributed by atoms with van der Waals surface area (Å²) in [5.41, 5.74) is 4.03. The summed E-state index contributed by atoms with van der Waals surface area (Å²) in [5.74, 6) is 1.30. The van der Waals surface area contributed by atoms with Crippen molar-refractivity contribution < 1.29 is 14.1 Å². The van der Waals surface area contributed by atoms with E-state index in [1.807, 2.05) is 48.0 Å². The van der Waals surface area contributed by atoms with Crippen LogP contribution in [0.3, 0.4) is 0 Å². The first-order chi connectivity index (χ1) is 15.4. The molecule has 1 aliphatic rings. The number of carbonyl (C=O) groups is 1. The first kappa shape index (κ1) is 20.2. The van der Waals surface area contributed by atoms with Crippen LogP contribution < -0.4 is 10.1 Å². The highest BCUT2D eigenvalue weighted by Gasteiger charge is 2.29. The molecule has 164 valence electrons. The van der Waals surface area contributed by atoms with Crippen LogP contribution in [0.5, 0.6) is 5.75 Å². The van der Waals surface area contributed by atoms with Crippen LogP contribution in [-0.4, -0.2) is 32.9 Å². The molecule has 0 radical (unpaired) electrons. The van der Waals surface area contributed by atoms with Gasteiger partial charge in [-0.3, -0.25) is 9.48 Å². The molecule has 0 spiro atoms. The Morgan fingerprint density at radius 2 is 2.06 bits per heavy atom. The summed E-state index contributed by atoms with van der Waals surface area (Å²) in [6, 6.07) is 11.4. The first-order valence-corrected chi connectivity index (χ1v) is 10.8. The number of hydrogen-bond donors (Lipinski definition) is 1. The molecule has 0 aliphatic heterocycles. The number of rotatable bonds is 6. The van der Waals surface area contributed by atoms with Gasteiger partial charge in [0, 0.05) is 35.0 Å². The van der Waals surface area contributed by atoms with E-state index in [-0.39, 0.29) is 11.9 Å². The van der Waals surface area contributed by atoms with Crippen LogP contribution in [-0.2, 0) is 0 Å². The van der Waals surface area contributed by atoms with Crippen molar-refractivity contribution in [3.05, 3.63) is 53.3 Å². The molecule has 0 unspecified atom stereocenters. The zero-order valence-corrected chi connectivity index (χ0v) is 18.5. The van der Waals surface area contributed by atoms with Crippen LogP contribution >= 0.6 is 0 Å². The minimum atomic E-state index is -0.264. The molecule has 3 aromatic heterocycles. The predicted octanol–water partition coefficient (Wildman–Crippen LogP) is 5.11. The molecule has 0 saturated heterocycles. The number of methoxy groups -OCH3 is 1. The van der Waals surface area contributed by atoms with Crippen molar-refractivity contribution in [3.8, 4) is 17.0 Å². The Balaban J connectivity index is 1.60. The van der Waals surface area contributed by atoms with E-state index < -0.39 is 0 Å². The van der Waals surface area contributed by atoms with Crippen molar-refractivity contribution in [2.75, 3.05) is 12.4 Å². The summed E-state index contributed by atoms with van der Waals surface area (Å²) >= 11 is 0. The fraction of sp³-hybridized carbons (Fsp3) is 0.333. The Morgan fingerprint density at radius 1 is 1.25 bits per heavy atom. The zero-order valence-electron chi connectivity index (χ0n) is 18.5. The third-order valence-corrected chi connectivity index (χ3v) is 5.70. The average molecular weight is 431 g/mol. The second-order valence-electron chi connectivity index (χ2n) is 8.48. The highest BCUT2D eigenvalue weighted by molar-refractivity contribution is 6.14. The molecule has 1 amide bonds. The Morgan fingerprint density at radius 3 is 2.75 bits per heavy atom. The van der Waals surface area contributed by atoms with E-state index in [4.69, 9.17) is 9.26 Å². The fourth-order valence-electron chi connectivity index (χ4n) is 3.96. The van der Waals surface area contributed by atoms with Crippen LogP contribution in [0, 0.1) is 6.92 Å². The van der Waals surface area contributed by atoms with Gasteiger partial charge >= 0.3 is 0 Å². The molecule has 4 aromatic rings. The number of anilines is 1. The van der Waals surface area contributed by atoms with Gasteiger partial charge in [-0.15, -0.1) is 0 Å². The first-order valence-electron chi connectivity index (χ1n) is 10.8. The second kappa shape index (κ2) is 7.78. The van der Waals surface area contributed by atoms with Gasteiger partial charge < -0.3 is 14.6 Å². The van der Waals surface area contributed by atoms with Crippen molar-refractivity contribution in [2.45, 2.75) is 45.6 Å². The topological polar surface area (TPSA) is 95.1 Å². The number of fused-ring (bicyclic) bond motifs is 1. The number of carbonyl (C=O) groups excluding carboxylic acids is 1. The fourth-order valence-corrected chi connectivity index (χ4v) is 3.96. The van der Waals surface area contributed by atoms with Crippen LogP contribution in [0.1, 0.15) is 60.4 Å². The number of hydrogen-bond acceptors (Lipinski definition) is 6. The minimum Gasteiger partial charge on any atom is -0.497 e. The van der Waals surface area contributed by atoms with E-state index in [1.54, 1.807) is 7.11 Å². The molecular formula is C24H25N5O3. The van der Waals surface area contributed by atoms with E-state index in [0.717, 1.165) is 29.8 Å². The maximum Gasteiger partial charge on any atom is 0.259 e. The third-order valence-electron chi connectivity index (χ3n) is 5.70. The van der Waals surface area contributed by atoms with Gasteiger partial charge in [-0.2, -0.15) is 5.10 Å². The number of nitrogens with one attached hydrogen (secondary N) is 1. The number of nitrogens with zero attached hydrogens (tertiary/aromatic N) is 4. The predicted molar refractivity (Wildman–Crippen MR) is 121 cm³/mol. The van der Waals surface area contributed by atoms with Gasteiger partial charge in [-0.25, -0.2) is 4.98 Å². The highest BCUT2D eigenvalue weighted by Crippen LogP contribution is 2.41. The largest absolute Gasteiger partial charge is 0.497 e. The van der Waals surface area contributed by atoms with Crippen molar-refractivity contribution in [1.29, 1.82) is 0 Å². The van der Waals surface area contributed by atoms with Gasteiger partial charge in [0.05, 0.1) is 18.1 Å². The van der Waals surface area contributed by atoms with Crippen molar-refractivity contribution in [2.24, 2.45) is 0 Å². The molecule has 3 heterocycles. The molecule has 8 nitrogen and oxygen atoms in total. The summed E-state index contributed by atoms with van der Waals surface area (Å²) in [5, 5.41) is 12.3. The number of aromatic nitrogens is 4. The molecule has 1 aromatic carbocycles. The summed E-state index contributed by atoms with van der Waals surface area (Å²) in [4.78, 5) is 18.1. The summed E-state index contributed by atoms with van der Waals surface area (Å²) in [7, 11) is 1.61. The smallest absolute Gasteiger partial charge is 0.259 e. The molecule has 5 rings (SSSR count).